The van der Waals surface area contributed by atoms with Crippen LogP contribution in [0.25, 0.3) is 0 Å². The highest BCUT2D eigenvalue weighted by Gasteiger charge is 2.42. The van der Waals surface area contributed by atoms with E-state index in [-0.39, 0.29) is 23.9 Å². The molecule has 1 atom stereocenters. The summed E-state index contributed by atoms with van der Waals surface area (Å²) < 4.78 is 0. The molecule has 3 rings (SSSR count). The van der Waals surface area contributed by atoms with Gasteiger partial charge in [0, 0.05) is 23.7 Å². The van der Waals surface area contributed by atoms with E-state index in [1.54, 1.807) is 11.3 Å². The van der Waals surface area contributed by atoms with Gasteiger partial charge in [0.2, 0.25) is 11.8 Å². The first kappa shape index (κ1) is 14.7. The third-order valence-corrected chi connectivity index (χ3v) is 5.20. The number of imide groups is 1. The molecule has 0 bridgehead atoms. The van der Waals surface area contributed by atoms with Crippen molar-refractivity contribution in [3.8, 4) is 0 Å². The first-order valence-electron chi connectivity index (χ1n) is 7.66. The van der Waals surface area contributed by atoms with E-state index in [9.17, 15) is 9.59 Å². The number of nitrogens with zero attached hydrogens (tertiary/aromatic N) is 2. The molecule has 2 fully saturated rings. The van der Waals surface area contributed by atoms with Crippen LogP contribution in [0.15, 0.2) is 6.20 Å². The summed E-state index contributed by atoms with van der Waals surface area (Å²) in [6, 6.07) is -0.240. The van der Waals surface area contributed by atoms with Crippen LogP contribution in [0.5, 0.6) is 0 Å². The maximum atomic E-state index is 12.5. The highest BCUT2D eigenvalue weighted by atomic mass is 32.1. The van der Waals surface area contributed by atoms with Gasteiger partial charge in [-0.3, -0.25) is 19.8 Å². The number of carbonyl (C=O) groups excluding carboxylic acids is 2. The zero-order chi connectivity index (χ0) is 14.8. The summed E-state index contributed by atoms with van der Waals surface area (Å²) in [6.07, 6.45) is 7.53. The molecule has 2 aliphatic rings. The summed E-state index contributed by atoms with van der Waals surface area (Å²) in [4.78, 5) is 31.6. The smallest absolute Gasteiger partial charge is 0.247 e. The Bertz CT molecular complexity index is 537. The van der Waals surface area contributed by atoms with E-state index >= 15 is 0 Å². The highest BCUT2D eigenvalue weighted by molar-refractivity contribution is 7.11. The molecule has 21 heavy (non-hydrogen) atoms. The molecule has 1 N–H and O–H groups in total. The minimum Gasteiger partial charge on any atom is -0.299 e. The van der Waals surface area contributed by atoms with E-state index in [4.69, 9.17) is 0 Å². The molecule has 1 aliphatic heterocycles. The Morgan fingerprint density at radius 2 is 2.10 bits per heavy atom. The van der Waals surface area contributed by atoms with Gasteiger partial charge in [-0.25, -0.2) is 4.98 Å². The third-order valence-electron chi connectivity index (χ3n) is 4.29. The van der Waals surface area contributed by atoms with Gasteiger partial charge in [0.1, 0.15) is 5.01 Å². The summed E-state index contributed by atoms with van der Waals surface area (Å²) >= 11 is 1.62. The SMILES string of the molecule is Cc1cnc(CNC2CC(=O)N(C3CCCCC3)C2=O)s1. The second-order valence-electron chi connectivity index (χ2n) is 5.90. The Hall–Kier alpha value is -1.27. The molecule has 1 saturated heterocycles. The number of aryl methyl sites for hydroxylation is 1. The Labute approximate surface area is 128 Å². The number of carbonyl (C=O) groups is 2. The quantitative estimate of drug-likeness (QED) is 0.864. The molecule has 1 aromatic heterocycles. The first-order chi connectivity index (χ1) is 10.1. The van der Waals surface area contributed by atoms with Crippen molar-refractivity contribution in [2.24, 2.45) is 0 Å². The summed E-state index contributed by atoms with van der Waals surface area (Å²) in [7, 11) is 0. The van der Waals surface area contributed by atoms with Gasteiger partial charge in [-0.2, -0.15) is 0 Å². The van der Waals surface area contributed by atoms with Gasteiger partial charge in [-0.1, -0.05) is 19.3 Å². The Morgan fingerprint density at radius 3 is 2.76 bits per heavy atom. The van der Waals surface area contributed by atoms with Crippen LogP contribution < -0.4 is 5.32 Å². The summed E-state index contributed by atoms with van der Waals surface area (Å²) in [6.45, 7) is 2.57. The van der Waals surface area contributed by atoms with Crippen molar-refractivity contribution in [1.82, 2.24) is 15.2 Å². The molecule has 0 spiro atoms. The van der Waals surface area contributed by atoms with Crippen molar-refractivity contribution < 1.29 is 9.59 Å². The lowest BCUT2D eigenvalue weighted by atomic mass is 9.94. The zero-order valence-electron chi connectivity index (χ0n) is 12.3. The van der Waals surface area contributed by atoms with E-state index in [1.807, 2.05) is 13.1 Å². The number of likely N-dealkylation sites (tertiary alicyclic amines) is 1. The van der Waals surface area contributed by atoms with Crippen molar-refractivity contribution in [3.63, 3.8) is 0 Å². The van der Waals surface area contributed by atoms with E-state index in [0.29, 0.717) is 13.0 Å². The van der Waals surface area contributed by atoms with Crippen molar-refractivity contribution in [3.05, 3.63) is 16.1 Å². The van der Waals surface area contributed by atoms with Crippen molar-refractivity contribution >= 4 is 23.2 Å². The lowest BCUT2D eigenvalue weighted by molar-refractivity contribution is -0.142. The van der Waals surface area contributed by atoms with Gasteiger partial charge in [-0.15, -0.1) is 11.3 Å². The van der Waals surface area contributed by atoms with Crippen LogP contribution in [-0.2, 0) is 16.1 Å². The van der Waals surface area contributed by atoms with Gasteiger partial charge in [0.05, 0.1) is 12.5 Å². The minimum atomic E-state index is -0.372. The van der Waals surface area contributed by atoms with Crippen LogP contribution in [-0.4, -0.2) is 33.8 Å². The third kappa shape index (κ3) is 3.16. The fourth-order valence-corrected chi connectivity index (χ4v) is 3.97. The number of hydrogen-bond acceptors (Lipinski definition) is 5. The molecule has 6 heteroatoms. The van der Waals surface area contributed by atoms with Crippen molar-refractivity contribution in [1.29, 1.82) is 0 Å². The van der Waals surface area contributed by atoms with E-state index in [2.05, 4.69) is 10.3 Å². The van der Waals surface area contributed by atoms with Crippen molar-refractivity contribution in [2.45, 2.75) is 64.1 Å². The molecule has 2 amide bonds. The second kappa shape index (κ2) is 6.23. The predicted octanol–water partition coefficient (Wildman–Crippen LogP) is 2.00. The Morgan fingerprint density at radius 1 is 1.33 bits per heavy atom. The molecule has 1 aromatic rings. The van der Waals surface area contributed by atoms with Gasteiger partial charge in [0.15, 0.2) is 0 Å². The largest absolute Gasteiger partial charge is 0.299 e. The number of nitrogens with one attached hydrogen (secondary N) is 1. The van der Waals surface area contributed by atoms with E-state index in [0.717, 1.165) is 35.6 Å². The van der Waals surface area contributed by atoms with Gasteiger partial charge >= 0.3 is 0 Å². The fourth-order valence-electron chi connectivity index (χ4n) is 3.23. The number of amides is 2. The van der Waals surface area contributed by atoms with Crippen LogP contribution in [0.1, 0.15) is 48.4 Å². The summed E-state index contributed by atoms with van der Waals surface area (Å²) in [5, 5.41) is 4.16. The summed E-state index contributed by atoms with van der Waals surface area (Å²) in [5.74, 6) is -0.0557. The number of hydrogen-bond donors (Lipinski definition) is 1. The Kier molecular flexibility index (Phi) is 4.35. The molecule has 1 aliphatic carbocycles. The molecule has 0 aromatic carbocycles. The van der Waals surface area contributed by atoms with Gasteiger partial charge in [0.25, 0.3) is 0 Å². The molecular weight excluding hydrogens is 286 g/mol. The molecular formula is C15H21N3O2S. The predicted molar refractivity (Wildman–Crippen MR) is 80.8 cm³/mol. The number of rotatable bonds is 4. The lowest BCUT2D eigenvalue weighted by Crippen LogP contribution is -2.44. The minimum absolute atomic E-state index is 0.0141. The topological polar surface area (TPSA) is 62.3 Å². The van der Waals surface area contributed by atoms with Crippen LogP contribution in [0.3, 0.4) is 0 Å². The molecule has 2 heterocycles. The molecule has 1 saturated carbocycles. The van der Waals surface area contributed by atoms with Crippen LogP contribution in [0, 0.1) is 6.92 Å². The average Bonchev–Trinajstić information content (AvgIpc) is 3.01. The molecule has 5 nitrogen and oxygen atoms in total. The maximum Gasteiger partial charge on any atom is 0.247 e. The van der Waals surface area contributed by atoms with E-state index < -0.39 is 0 Å². The highest BCUT2D eigenvalue weighted by Crippen LogP contribution is 2.27. The van der Waals surface area contributed by atoms with Crippen LogP contribution in [0.4, 0.5) is 0 Å². The van der Waals surface area contributed by atoms with Crippen molar-refractivity contribution in [2.75, 3.05) is 0 Å². The lowest BCUT2D eigenvalue weighted by Gasteiger charge is -2.29. The second-order valence-corrected chi connectivity index (χ2v) is 7.22. The van der Waals surface area contributed by atoms with Crippen LogP contribution >= 0.6 is 11.3 Å². The fraction of sp³-hybridized carbons (Fsp3) is 0.667. The molecule has 0 radical (unpaired) electrons. The number of aromatic nitrogens is 1. The van der Waals surface area contributed by atoms with E-state index in [1.165, 1.54) is 11.3 Å². The first-order valence-corrected chi connectivity index (χ1v) is 8.47. The van der Waals surface area contributed by atoms with Gasteiger partial charge < -0.3 is 0 Å². The zero-order valence-corrected chi connectivity index (χ0v) is 13.1. The summed E-state index contributed by atoms with van der Waals surface area (Å²) in [5.41, 5.74) is 0. The van der Waals surface area contributed by atoms with Crippen LogP contribution in [0.2, 0.25) is 0 Å². The van der Waals surface area contributed by atoms with Gasteiger partial charge in [-0.05, 0) is 19.8 Å². The monoisotopic (exact) mass is 307 g/mol. The average molecular weight is 307 g/mol. The standard InChI is InChI=1S/C15H21N3O2S/c1-10-8-17-13(21-10)9-16-12-7-14(19)18(15(12)20)11-5-3-2-4-6-11/h8,11-12,16H,2-7,9H2,1H3. The molecule has 1 unspecified atom stereocenters. The Balaban J connectivity index is 1.60. The normalized spacial score (nSPS) is 24.0. The number of thiazole rings is 1. The molecule has 114 valence electrons. The maximum absolute atomic E-state index is 12.5.